The van der Waals surface area contributed by atoms with Crippen molar-refractivity contribution in [2.45, 2.75) is 12.5 Å². The molecule has 2 aromatic rings. The van der Waals surface area contributed by atoms with Gasteiger partial charge in [-0.05, 0) is 19.1 Å². The number of pyridine rings is 1. The fraction of sp³-hybridized carbons (Fsp3) is 0.200. The maximum Gasteiger partial charge on any atom is 0.328 e. The maximum absolute atomic E-state index is 10.9. The Morgan fingerprint density at radius 1 is 1.67 bits per heavy atom. The van der Waals surface area contributed by atoms with Crippen LogP contribution in [-0.2, 0) is 10.3 Å². The number of carbonyl (C=O) groups is 1. The molecule has 0 saturated carbocycles. The molecule has 0 aromatic carbocycles. The third-order valence-electron chi connectivity index (χ3n) is 2.44. The lowest BCUT2D eigenvalue weighted by Gasteiger charge is -2.18. The quantitative estimate of drug-likeness (QED) is 0.676. The Balaban J connectivity index is 2.57. The second-order valence-corrected chi connectivity index (χ2v) is 3.65. The van der Waals surface area contributed by atoms with E-state index in [2.05, 4.69) is 9.97 Å². The first kappa shape index (κ1) is 9.67. The van der Waals surface area contributed by atoms with Gasteiger partial charge in [0.1, 0.15) is 11.2 Å². The van der Waals surface area contributed by atoms with Crippen LogP contribution >= 0.6 is 0 Å². The Morgan fingerprint density at radius 2 is 2.40 bits per heavy atom. The molecule has 2 heterocycles. The lowest BCUT2D eigenvalue weighted by molar-refractivity contribution is -0.143. The molecule has 2 rings (SSSR count). The molecule has 0 saturated heterocycles. The van der Waals surface area contributed by atoms with Crippen molar-refractivity contribution in [3.63, 3.8) is 0 Å². The Morgan fingerprint density at radius 3 is 3.07 bits per heavy atom. The van der Waals surface area contributed by atoms with Crippen molar-refractivity contribution in [3.05, 3.63) is 30.1 Å². The van der Waals surface area contributed by atoms with E-state index in [1.807, 2.05) is 6.07 Å². The van der Waals surface area contributed by atoms with Gasteiger partial charge in [-0.15, -0.1) is 0 Å². The molecule has 0 bridgehead atoms. The van der Waals surface area contributed by atoms with Gasteiger partial charge in [-0.1, -0.05) is 0 Å². The van der Waals surface area contributed by atoms with Gasteiger partial charge in [0.2, 0.25) is 0 Å². The van der Waals surface area contributed by atoms with E-state index in [4.69, 9.17) is 10.8 Å². The molecular weight excluding hydrogens is 194 g/mol. The van der Waals surface area contributed by atoms with Gasteiger partial charge in [0.25, 0.3) is 0 Å². The van der Waals surface area contributed by atoms with E-state index >= 15 is 0 Å². The smallest absolute Gasteiger partial charge is 0.328 e. The largest absolute Gasteiger partial charge is 0.480 e. The first-order chi connectivity index (χ1) is 7.01. The van der Waals surface area contributed by atoms with E-state index in [1.54, 1.807) is 12.3 Å². The molecule has 5 nitrogen and oxygen atoms in total. The van der Waals surface area contributed by atoms with Gasteiger partial charge in [-0.2, -0.15) is 0 Å². The molecule has 5 heteroatoms. The average Bonchev–Trinajstić information content (AvgIpc) is 2.63. The number of rotatable bonds is 2. The van der Waals surface area contributed by atoms with Crippen molar-refractivity contribution < 1.29 is 9.90 Å². The summed E-state index contributed by atoms with van der Waals surface area (Å²) >= 11 is 0. The van der Waals surface area contributed by atoms with Crippen molar-refractivity contribution in [1.82, 2.24) is 9.97 Å². The number of nitrogens with two attached hydrogens (primary N) is 1. The lowest BCUT2D eigenvalue weighted by atomic mass is 9.94. The summed E-state index contributed by atoms with van der Waals surface area (Å²) in [5.74, 6) is -1.07. The van der Waals surface area contributed by atoms with E-state index in [0.717, 1.165) is 11.0 Å². The third kappa shape index (κ3) is 1.46. The fourth-order valence-electron chi connectivity index (χ4n) is 1.35. The highest BCUT2D eigenvalue weighted by Gasteiger charge is 2.30. The number of hydrogen-bond donors (Lipinski definition) is 3. The Labute approximate surface area is 85.9 Å². The third-order valence-corrected chi connectivity index (χ3v) is 2.44. The van der Waals surface area contributed by atoms with E-state index in [1.165, 1.54) is 13.1 Å². The van der Waals surface area contributed by atoms with E-state index < -0.39 is 11.5 Å². The van der Waals surface area contributed by atoms with Gasteiger partial charge in [-0.25, -0.2) is 9.78 Å². The van der Waals surface area contributed by atoms with Crippen LogP contribution in [0.3, 0.4) is 0 Å². The molecule has 0 spiro atoms. The summed E-state index contributed by atoms with van der Waals surface area (Å²) in [6.07, 6.45) is 3.23. The zero-order valence-corrected chi connectivity index (χ0v) is 8.19. The molecule has 1 atom stereocenters. The number of aromatic nitrogens is 2. The van der Waals surface area contributed by atoms with Crippen LogP contribution < -0.4 is 5.73 Å². The van der Waals surface area contributed by atoms with Crippen molar-refractivity contribution >= 4 is 17.0 Å². The summed E-state index contributed by atoms with van der Waals surface area (Å²) in [6.45, 7) is 1.45. The van der Waals surface area contributed by atoms with Gasteiger partial charge in [-0.3, -0.25) is 0 Å². The molecule has 15 heavy (non-hydrogen) atoms. The molecule has 0 radical (unpaired) electrons. The zero-order valence-electron chi connectivity index (χ0n) is 8.19. The van der Waals surface area contributed by atoms with Gasteiger partial charge in [0.15, 0.2) is 0 Å². The van der Waals surface area contributed by atoms with E-state index in [-0.39, 0.29) is 0 Å². The topological polar surface area (TPSA) is 92.0 Å². The molecule has 78 valence electrons. The summed E-state index contributed by atoms with van der Waals surface area (Å²) in [5.41, 5.74) is 5.50. The Bertz CT molecular complexity index is 516. The number of carboxylic acid groups (broad SMARTS) is 1. The molecule has 0 aliphatic carbocycles. The number of aliphatic carboxylic acids is 1. The SMILES string of the molecule is C[C@@](N)(C(=O)O)c1cnc2[nH]ccc2c1. The van der Waals surface area contributed by atoms with Crippen LogP contribution in [0.2, 0.25) is 0 Å². The number of aromatic amines is 1. The minimum atomic E-state index is -1.40. The highest BCUT2D eigenvalue weighted by molar-refractivity contribution is 5.83. The van der Waals surface area contributed by atoms with Crippen LogP contribution in [0.5, 0.6) is 0 Å². The maximum atomic E-state index is 10.9. The molecule has 0 fully saturated rings. The van der Waals surface area contributed by atoms with Crippen molar-refractivity contribution in [3.8, 4) is 0 Å². The fourth-order valence-corrected chi connectivity index (χ4v) is 1.35. The van der Waals surface area contributed by atoms with E-state index in [0.29, 0.717) is 5.56 Å². The number of carboxylic acids is 1. The molecule has 0 unspecified atom stereocenters. The number of nitrogens with zero attached hydrogens (tertiary/aromatic N) is 1. The van der Waals surface area contributed by atoms with Crippen molar-refractivity contribution in [1.29, 1.82) is 0 Å². The monoisotopic (exact) mass is 205 g/mol. The summed E-state index contributed by atoms with van der Waals surface area (Å²) in [7, 11) is 0. The number of hydrogen-bond acceptors (Lipinski definition) is 3. The summed E-state index contributed by atoms with van der Waals surface area (Å²) in [5, 5.41) is 9.81. The predicted molar refractivity (Wildman–Crippen MR) is 55.3 cm³/mol. The minimum Gasteiger partial charge on any atom is -0.480 e. The van der Waals surface area contributed by atoms with Gasteiger partial charge >= 0.3 is 5.97 Å². The second-order valence-electron chi connectivity index (χ2n) is 3.65. The van der Waals surface area contributed by atoms with Gasteiger partial charge in [0.05, 0.1) is 0 Å². The van der Waals surface area contributed by atoms with Crippen LogP contribution in [0.4, 0.5) is 0 Å². The summed E-state index contributed by atoms with van der Waals surface area (Å²) in [6, 6.07) is 3.55. The average molecular weight is 205 g/mol. The molecule has 0 amide bonds. The highest BCUT2D eigenvalue weighted by atomic mass is 16.4. The highest BCUT2D eigenvalue weighted by Crippen LogP contribution is 2.20. The Hall–Kier alpha value is -1.88. The number of nitrogens with one attached hydrogen (secondary N) is 1. The Kier molecular flexibility index (Phi) is 1.97. The molecule has 0 aliphatic rings. The minimum absolute atomic E-state index is 0.488. The molecule has 4 N–H and O–H groups in total. The van der Waals surface area contributed by atoms with E-state index in [9.17, 15) is 4.79 Å². The van der Waals surface area contributed by atoms with Crippen LogP contribution in [0.15, 0.2) is 24.5 Å². The summed E-state index contributed by atoms with van der Waals surface area (Å²) < 4.78 is 0. The number of H-pyrrole nitrogens is 1. The van der Waals surface area contributed by atoms with Gasteiger partial charge in [0, 0.05) is 23.3 Å². The van der Waals surface area contributed by atoms with Crippen LogP contribution in [0.1, 0.15) is 12.5 Å². The number of fused-ring (bicyclic) bond motifs is 1. The van der Waals surface area contributed by atoms with Crippen LogP contribution in [0.25, 0.3) is 11.0 Å². The van der Waals surface area contributed by atoms with Gasteiger partial charge < -0.3 is 15.8 Å². The normalized spacial score (nSPS) is 15.1. The lowest BCUT2D eigenvalue weighted by Crippen LogP contribution is -2.41. The van der Waals surface area contributed by atoms with Crippen molar-refractivity contribution in [2.75, 3.05) is 0 Å². The standard InChI is InChI=1S/C10H11N3O2/c1-10(11,9(14)15)7-4-6-2-3-12-8(6)13-5-7/h2-5H,11H2,1H3,(H,12,13)(H,14,15)/t10-/m0/s1. The van der Waals surface area contributed by atoms with Crippen LogP contribution in [-0.4, -0.2) is 21.0 Å². The molecular formula is C10H11N3O2. The van der Waals surface area contributed by atoms with Crippen LogP contribution in [0, 0.1) is 0 Å². The first-order valence-electron chi connectivity index (χ1n) is 4.47. The second kappa shape index (κ2) is 3.06. The zero-order chi connectivity index (χ0) is 11.1. The molecule has 0 aliphatic heterocycles. The predicted octanol–water partition coefficient (Wildman–Crippen LogP) is 0.821. The summed E-state index contributed by atoms with van der Waals surface area (Å²) in [4.78, 5) is 18.0. The van der Waals surface area contributed by atoms with Crippen molar-refractivity contribution in [2.24, 2.45) is 5.73 Å². The first-order valence-corrected chi connectivity index (χ1v) is 4.47. The molecule has 2 aromatic heterocycles.